The molecule has 4 aromatic rings. The summed E-state index contributed by atoms with van der Waals surface area (Å²) in [6.45, 7) is 5.56. The lowest BCUT2D eigenvalue weighted by atomic mass is 9.95. The summed E-state index contributed by atoms with van der Waals surface area (Å²) in [5.41, 5.74) is 3.75. The molecule has 0 saturated heterocycles. The average Bonchev–Trinajstić information content (AvgIpc) is 2.75. The van der Waals surface area contributed by atoms with E-state index in [1.54, 1.807) is 38.5 Å². The Labute approximate surface area is 180 Å². The Hall–Kier alpha value is -3.02. The van der Waals surface area contributed by atoms with E-state index >= 15 is 0 Å². The molecule has 4 rings (SSSR count). The third kappa shape index (κ3) is 4.13. The van der Waals surface area contributed by atoms with Gasteiger partial charge in [-0.05, 0) is 55.7 Å². The SMILES string of the molecule is CC(Nc1c(Cl)cnc2ccc(-c3ccc(C(C)(C)O)cc3)cc12)c1ncccn1. The van der Waals surface area contributed by atoms with Gasteiger partial charge in [-0.25, -0.2) is 9.97 Å². The molecule has 5 nitrogen and oxygen atoms in total. The van der Waals surface area contributed by atoms with E-state index in [1.165, 1.54) is 0 Å². The number of hydrogen-bond donors (Lipinski definition) is 2. The summed E-state index contributed by atoms with van der Waals surface area (Å²) in [5, 5.41) is 15.1. The number of rotatable bonds is 5. The van der Waals surface area contributed by atoms with E-state index < -0.39 is 5.60 Å². The number of anilines is 1. The van der Waals surface area contributed by atoms with E-state index in [0.29, 0.717) is 10.8 Å². The number of aliphatic hydroxyl groups is 1. The van der Waals surface area contributed by atoms with Gasteiger partial charge in [0.15, 0.2) is 0 Å². The highest BCUT2D eigenvalue weighted by molar-refractivity contribution is 6.34. The highest BCUT2D eigenvalue weighted by Crippen LogP contribution is 2.35. The van der Waals surface area contributed by atoms with Crippen LogP contribution in [-0.4, -0.2) is 20.1 Å². The Kier molecular flexibility index (Phi) is 5.41. The number of pyridine rings is 1. The summed E-state index contributed by atoms with van der Waals surface area (Å²) < 4.78 is 0. The van der Waals surface area contributed by atoms with Gasteiger partial charge in [0.1, 0.15) is 5.82 Å². The van der Waals surface area contributed by atoms with Crippen LogP contribution >= 0.6 is 11.6 Å². The Morgan fingerprint density at radius 3 is 2.30 bits per heavy atom. The molecule has 0 aliphatic heterocycles. The maximum absolute atomic E-state index is 10.2. The minimum atomic E-state index is -0.869. The Morgan fingerprint density at radius 2 is 1.63 bits per heavy atom. The second-order valence-corrected chi connectivity index (χ2v) is 8.23. The smallest absolute Gasteiger partial charge is 0.150 e. The lowest BCUT2D eigenvalue weighted by Gasteiger charge is -2.18. The molecule has 6 heteroatoms. The van der Waals surface area contributed by atoms with Gasteiger partial charge in [0.2, 0.25) is 0 Å². The lowest BCUT2D eigenvalue weighted by Crippen LogP contribution is -2.14. The molecule has 1 atom stereocenters. The van der Waals surface area contributed by atoms with Crippen molar-refractivity contribution < 1.29 is 5.11 Å². The van der Waals surface area contributed by atoms with Crippen LogP contribution < -0.4 is 5.32 Å². The summed E-state index contributed by atoms with van der Waals surface area (Å²) >= 11 is 6.51. The molecule has 0 radical (unpaired) electrons. The molecular weight excluding hydrogens is 396 g/mol. The van der Waals surface area contributed by atoms with Crippen molar-refractivity contribution >= 4 is 28.2 Å². The summed E-state index contributed by atoms with van der Waals surface area (Å²) in [4.78, 5) is 13.1. The first kappa shape index (κ1) is 20.3. The molecule has 0 aliphatic carbocycles. The van der Waals surface area contributed by atoms with Crippen LogP contribution in [0, 0.1) is 0 Å². The van der Waals surface area contributed by atoms with Gasteiger partial charge in [0.25, 0.3) is 0 Å². The van der Waals surface area contributed by atoms with Gasteiger partial charge in [-0.15, -0.1) is 0 Å². The van der Waals surface area contributed by atoms with Gasteiger partial charge in [0, 0.05) is 24.0 Å². The van der Waals surface area contributed by atoms with Crippen LogP contribution in [0.1, 0.15) is 38.2 Å². The average molecular weight is 419 g/mol. The molecule has 2 heterocycles. The summed E-state index contributed by atoms with van der Waals surface area (Å²) in [7, 11) is 0. The van der Waals surface area contributed by atoms with E-state index in [4.69, 9.17) is 11.6 Å². The van der Waals surface area contributed by atoms with Crippen molar-refractivity contribution in [3.05, 3.63) is 83.5 Å². The monoisotopic (exact) mass is 418 g/mol. The summed E-state index contributed by atoms with van der Waals surface area (Å²) in [5.74, 6) is 0.692. The zero-order chi connectivity index (χ0) is 21.3. The molecular formula is C24H23ClN4O. The van der Waals surface area contributed by atoms with Gasteiger partial charge in [-0.1, -0.05) is 41.9 Å². The first-order chi connectivity index (χ1) is 14.3. The largest absolute Gasteiger partial charge is 0.386 e. The summed E-state index contributed by atoms with van der Waals surface area (Å²) in [6, 6.07) is 15.7. The van der Waals surface area contributed by atoms with Crippen LogP contribution in [0.4, 0.5) is 5.69 Å². The number of nitrogens with zero attached hydrogens (tertiary/aromatic N) is 3. The van der Waals surface area contributed by atoms with Gasteiger partial charge >= 0.3 is 0 Å². The van der Waals surface area contributed by atoms with Crippen LogP contribution in [-0.2, 0) is 5.60 Å². The second-order valence-electron chi connectivity index (χ2n) is 7.82. The topological polar surface area (TPSA) is 70.9 Å². The number of halogens is 1. The van der Waals surface area contributed by atoms with E-state index in [9.17, 15) is 5.11 Å². The molecule has 1 unspecified atom stereocenters. The first-order valence-corrected chi connectivity index (χ1v) is 10.2. The van der Waals surface area contributed by atoms with E-state index in [1.807, 2.05) is 43.3 Å². The standard InChI is InChI=1S/C24H23ClN4O/c1-15(23-26-11-4-12-27-23)29-22-19-13-17(7-10-21(19)28-14-20(22)25)16-5-8-18(9-6-16)24(2,3)30/h4-15,30H,1-3H3,(H,28,29). The van der Waals surface area contributed by atoms with E-state index in [-0.39, 0.29) is 6.04 Å². The molecule has 0 bridgehead atoms. The highest BCUT2D eigenvalue weighted by Gasteiger charge is 2.16. The third-order valence-electron chi connectivity index (χ3n) is 5.08. The van der Waals surface area contributed by atoms with Crippen molar-refractivity contribution in [2.75, 3.05) is 5.32 Å². The van der Waals surface area contributed by atoms with Gasteiger partial charge in [0.05, 0.1) is 27.9 Å². The van der Waals surface area contributed by atoms with Gasteiger partial charge in [-0.2, -0.15) is 0 Å². The molecule has 2 aromatic carbocycles. The fourth-order valence-electron chi connectivity index (χ4n) is 3.38. The first-order valence-electron chi connectivity index (χ1n) is 9.78. The predicted molar refractivity (Wildman–Crippen MR) is 122 cm³/mol. The summed E-state index contributed by atoms with van der Waals surface area (Å²) in [6.07, 6.45) is 5.10. The molecule has 0 aliphatic rings. The van der Waals surface area contributed by atoms with E-state index in [2.05, 4.69) is 26.3 Å². The minimum Gasteiger partial charge on any atom is -0.386 e. The second kappa shape index (κ2) is 8.01. The molecule has 0 spiro atoms. The molecule has 2 N–H and O–H groups in total. The number of nitrogens with one attached hydrogen (secondary N) is 1. The van der Waals surface area contributed by atoms with Crippen molar-refractivity contribution in [1.82, 2.24) is 15.0 Å². The zero-order valence-electron chi connectivity index (χ0n) is 17.1. The van der Waals surface area contributed by atoms with Crippen molar-refractivity contribution in [1.29, 1.82) is 0 Å². The van der Waals surface area contributed by atoms with Gasteiger partial charge < -0.3 is 10.4 Å². The van der Waals surface area contributed by atoms with Crippen LogP contribution in [0.15, 0.2) is 67.1 Å². The normalized spacial score (nSPS) is 12.7. The van der Waals surface area contributed by atoms with Crippen molar-refractivity contribution in [2.24, 2.45) is 0 Å². The Balaban J connectivity index is 1.74. The molecule has 30 heavy (non-hydrogen) atoms. The highest BCUT2D eigenvalue weighted by atomic mass is 35.5. The van der Waals surface area contributed by atoms with Crippen LogP contribution in [0.25, 0.3) is 22.0 Å². The molecule has 0 fully saturated rings. The number of aromatic nitrogens is 3. The minimum absolute atomic E-state index is 0.121. The van der Waals surface area contributed by atoms with Crippen LogP contribution in [0.2, 0.25) is 5.02 Å². The molecule has 2 aromatic heterocycles. The van der Waals surface area contributed by atoms with Crippen molar-refractivity contribution in [2.45, 2.75) is 32.4 Å². The fraction of sp³-hybridized carbons (Fsp3) is 0.208. The Morgan fingerprint density at radius 1 is 0.967 bits per heavy atom. The van der Waals surface area contributed by atoms with Crippen LogP contribution in [0.5, 0.6) is 0 Å². The van der Waals surface area contributed by atoms with Crippen molar-refractivity contribution in [3.8, 4) is 11.1 Å². The van der Waals surface area contributed by atoms with Crippen LogP contribution in [0.3, 0.4) is 0 Å². The van der Waals surface area contributed by atoms with Gasteiger partial charge in [-0.3, -0.25) is 4.98 Å². The fourth-order valence-corrected chi connectivity index (χ4v) is 3.59. The maximum Gasteiger partial charge on any atom is 0.150 e. The predicted octanol–water partition coefficient (Wildman–Crippen LogP) is 5.75. The maximum atomic E-state index is 10.2. The Bertz CT molecular complexity index is 1170. The quantitative estimate of drug-likeness (QED) is 0.432. The van der Waals surface area contributed by atoms with Crippen molar-refractivity contribution in [3.63, 3.8) is 0 Å². The number of benzene rings is 2. The number of fused-ring (bicyclic) bond motifs is 1. The van der Waals surface area contributed by atoms with E-state index in [0.717, 1.165) is 33.3 Å². The molecule has 0 saturated carbocycles. The lowest BCUT2D eigenvalue weighted by molar-refractivity contribution is 0.0786. The third-order valence-corrected chi connectivity index (χ3v) is 5.37. The zero-order valence-corrected chi connectivity index (χ0v) is 17.9. The molecule has 0 amide bonds. The molecule has 152 valence electrons. The number of hydrogen-bond acceptors (Lipinski definition) is 5.